The predicted molar refractivity (Wildman–Crippen MR) is 49.7 cm³/mol. The zero-order valence-corrected chi connectivity index (χ0v) is 7.74. The monoisotopic (exact) mass is 194 g/mol. The standard InChI is InChI=1S/C10H11FN2O/c1-6(14)10(13)8-3-2-7(5-12)4-9(8)11/h2-4,6,10,14H,13H2,1H3/t6-,10-/m1/s1. The second-order valence-electron chi connectivity index (χ2n) is 3.11. The van der Waals surface area contributed by atoms with Crippen LogP contribution in [0.25, 0.3) is 0 Å². The summed E-state index contributed by atoms with van der Waals surface area (Å²) in [7, 11) is 0. The van der Waals surface area contributed by atoms with Gasteiger partial charge in [0.15, 0.2) is 0 Å². The Morgan fingerprint density at radius 2 is 2.21 bits per heavy atom. The smallest absolute Gasteiger partial charge is 0.129 e. The molecular formula is C10H11FN2O. The Morgan fingerprint density at radius 1 is 1.57 bits per heavy atom. The molecule has 0 radical (unpaired) electrons. The molecule has 74 valence electrons. The number of hydrogen-bond acceptors (Lipinski definition) is 3. The molecule has 0 unspecified atom stereocenters. The van der Waals surface area contributed by atoms with Crippen molar-refractivity contribution in [3.05, 3.63) is 35.1 Å². The lowest BCUT2D eigenvalue weighted by Crippen LogP contribution is -2.24. The van der Waals surface area contributed by atoms with Crippen molar-refractivity contribution in [3.63, 3.8) is 0 Å². The molecule has 1 aromatic carbocycles. The number of benzene rings is 1. The lowest BCUT2D eigenvalue weighted by molar-refractivity contribution is 0.162. The molecule has 0 saturated carbocycles. The molecule has 1 rings (SSSR count). The summed E-state index contributed by atoms with van der Waals surface area (Å²) in [6.45, 7) is 1.49. The van der Waals surface area contributed by atoms with Crippen LogP contribution in [-0.2, 0) is 0 Å². The summed E-state index contributed by atoms with van der Waals surface area (Å²) in [5.41, 5.74) is 6.02. The Bertz CT molecular complexity index is 371. The van der Waals surface area contributed by atoms with Gasteiger partial charge >= 0.3 is 0 Å². The maximum absolute atomic E-state index is 13.3. The zero-order chi connectivity index (χ0) is 10.7. The first kappa shape index (κ1) is 10.6. The summed E-state index contributed by atoms with van der Waals surface area (Å²) in [6, 6.07) is 5.06. The van der Waals surface area contributed by atoms with Gasteiger partial charge in [-0.3, -0.25) is 0 Å². The highest BCUT2D eigenvalue weighted by atomic mass is 19.1. The normalized spacial score (nSPS) is 14.5. The van der Waals surface area contributed by atoms with Crippen molar-refractivity contribution in [1.29, 1.82) is 5.26 Å². The summed E-state index contributed by atoms with van der Waals surface area (Å²) in [5.74, 6) is -0.558. The third-order valence-corrected chi connectivity index (χ3v) is 2.01. The third-order valence-electron chi connectivity index (χ3n) is 2.01. The van der Waals surface area contributed by atoms with Crippen molar-refractivity contribution in [2.75, 3.05) is 0 Å². The Hall–Kier alpha value is -1.44. The largest absolute Gasteiger partial charge is 0.391 e. The van der Waals surface area contributed by atoms with E-state index in [0.717, 1.165) is 6.07 Å². The van der Waals surface area contributed by atoms with Crippen LogP contribution in [0, 0.1) is 17.1 Å². The van der Waals surface area contributed by atoms with E-state index in [9.17, 15) is 4.39 Å². The Balaban J connectivity index is 3.07. The third kappa shape index (κ3) is 2.08. The molecule has 0 aliphatic carbocycles. The van der Waals surface area contributed by atoms with E-state index in [-0.39, 0.29) is 11.1 Å². The van der Waals surface area contributed by atoms with Gasteiger partial charge in [0.2, 0.25) is 0 Å². The van der Waals surface area contributed by atoms with Gasteiger partial charge in [0.25, 0.3) is 0 Å². The lowest BCUT2D eigenvalue weighted by atomic mass is 10.0. The molecule has 4 heteroatoms. The molecule has 0 amide bonds. The van der Waals surface area contributed by atoms with Crippen molar-refractivity contribution < 1.29 is 9.50 Å². The molecule has 14 heavy (non-hydrogen) atoms. The van der Waals surface area contributed by atoms with Crippen LogP contribution < -0.4 is 5.73 Å². The SMILES string of the molecule is C[C@@H](O)[C@@H](N)c1ccc(C#N)cc1F. The molecule has 2 atom stereocenters. The minimum atomic E-state index is -0.822. The second-order valence-corrected chi connectivity index (χ2v) is 3.11. The van der Waals surface area contributed by atoms with Gasteiger partial charge in [-0.25, -0.2) is 4.39 Å². The first-order chi connectivity index (χ1) is 6.56. The van der Waals surface area contributed by atoms with Crippen molar-refractivity contribution >= 4 is 0 Å². The minimum absolute atomic E-state index is 0.221. The molecule has 0 saturated heterocycles. The van der Waals surface area contributed by atoms with Crippen molar-refractivity contribution in [3.8, 4) is 6.07 Å². The fourth-order valence-corrected chi connectivity index (χ4v) is 1.13. The topological polar surface area (TPSA) is 70.0 Å². The number of nitriles is 1. The molecule has 3 N–H and O–H groups in total. The van der Waals surface area contributed by atoms with E-state index in [1.165, 1.54) is 19.1 Å². The molecule has 1 aromatic rings. The number of aliphatic hydroxyl groups is 1. The van der Waals surface area contributed by atoms with E-state index in [1.54, 1.807) is 0 Å². The van der Waals surface area contributed by atoms with Crippen molar-refractivity contribution in [2.45, 2.75) is 19.1 Å². The fourth-order valence-electron chi connectivity index (χ4n) is 1.13. The number of nitrogens with zero attached hydrogens (tertiary/aromatic N) is 1. The number of rotatable bonds is 2. The quantitative estimate of drug-likeness (QED) is 0.740. The first-order valence-corrected chi connectivity index (χ1v) is 4.19. The van der Waals surface area contributed by atoms with E-state index in [0.29, 0.717) is 0 Å². The maximum atomic E-state index is 13.3. The average Bonchev–Trinajstić information content (AvgIpc) is 2.16. The van der Waals surface area contributed by atoms with Crippen LogP contribution in [0.3, 0.4) is 0 Å². The summed E-state index contributed by atoms with van der Waals surface area (Å²) >= 11 is 0. The molecule has 0 spiro atoms. The van der Waals surface area contributed by atoms with Crippen LogP contribution in [0.2, 0.25) is 0 Å². The van der Waals surface area contributed by atoms with Gasteiger partial charge in [0, 0.05) is 5.56 Å². The summed E-state index contributed by atoms with van der Waals surface area (Å²) in [4.78, 5) is 0. The number of aliphatic hydroxyl groups excluding tert-OH is 1. The molecule has 0 heterocycles. The second kappa shape index (κ2) is 4.18. The predicted octanol–water partition coefficient (Wildman–Crippen LogP) is 1.08. The van der Waals surface area contributed by atoms with E-state index in [4.69, 9.17) is 16.1 Å². The Labute approximate surface area is 81.6 Å². The van der Waals surface area contributed by atoms with E-state index >= 15 is 0 Å². The highest BCUT2D eigenvalue weighted by molar-refractivity contribution is 5.34. The highest BCUT2D eigenvalue weighted by Crippen LogP contribution is 2.18. The number of hydrogen-bond donors (Lipinski definition) is 2. The van der Waals surface area contributed by atoms with Crippen LogP contribution in [0.5, 0.6) is 0 Å². The maximum Gasteiger partial charge on any atom is 0.129 e. The van der Waals surface area contributed by atoms with Crippen LogP contribution in [0.1, 0.15) is 24.1 Å². The summed E-state index contributed by atoms with van der Waals surface area (Å²) in [6.07, 6.45) is -0.822. The summed E-state index contributed by atoms with van der Waals surface area (Å²) < 4.78 is 13.3. The number of halogens is 1. The van der Waals surface area contributed by atoms with Gasteiger partial charge in [-0.05, 0) is 19.1 Å². The molecule has 3 nitrogen and oxygen atoms in total. The molecular weight excluding hydrogens is 183 g/mol. The molecule has 0 aliphatic rings. The number of nitrogens with two attached hydrogens (primary N) is 1. The van der Waals surface area contributed by atoms with Gasteiger partial charge in [-0.1, -0.05) is 6.07 Å². The van der Waals surface area contributed by atoms with Gasteiger partial charge in [-0.15, -0.1) is 0 Å². The fraction of sp³-hybridized carbons (Fsp3) is 0.300. The molecule has 0 aromatic heterocycles. The van der Waals surface area contributed by atoms with Crippen LogP contribution in [0.4, 0.5) is 4.39 Å². The highest BCUT2D eigenvalue weighted by Gasteiger charge is 2.16. The van der Waals surface area contributed by atoms with Gasteiger partial charge < -0.3 is 10.8 Å². The van der Waals surface area contributed by atoms with Crippen LogP contribution in [-0.4, -0.2) is 11.2 Å². The molecule has 0 aliphatic heterocycles. The Morgan fingerprint density at radius 3 is 2.64 bits per heavy atom. The van der Waals surface area contributed by atoms with Gasteiger partial charge in [0.05, 0.1) is 23.8 Å². The molecule has 0 bridgehead atoms. The lowest BCUT2D eigenvalue weighted by Gasteiger charge is -2.15. The average molecular weight is 194 g/mol. The van der Waals surface area contributed by atoms with Gasteiger partial charge in [0.1, 0.15) is 5.82 Å². The van der Waals surface area contributed by atoms with Crippen molar-refractivity contribution in [1.82, 2.24) is 0 Å². The van der Waals surface area contributed by atoms with Gasteiger partial charge in [-0.2, -0.15) is 5.26 Å². The molecule has 0 fully saturated rings. The van der Waals surface area contributed by atoms with E-state index in [2.05, 4.69) is 0 Å². The Kier molecular flexibility index (Phi) is 3.18. The van der Waals surface area contributed by atoms with Crippen LogP contribution >= 0.6 is 0 Å². The van der Waals surface area contributed by atoms with Crippen LogP contribution in [0.15, 0.2) is 18.2 Å². The van der Waals surface area contributed by atoms with E-state index in [1.807, 2.05) is 6.07 Å². The first-order valence-electron chi connectivity index (χ1n) is 4.19. The van der Waals surface area contributed by atoms with E-state index < -0.39 is 18.0 Å². The van der Waals surface area contributed by atoms with Crippen molar-refractivity contribution in [2.24, 2.45) is 5.73 Å². The summed E-state index contributed by atoms with van der Waals surface area (Å²) in [5, 5.41) is 17.7. The zero-order valence-electron chi connectivity index (χ0n) is 7.74. The minimum Gasteiger partial charge on any atom is -0.391 e.